The van der Waals surface area contributed by atoms with Crippen molar-refractivity contribution in [2.75, 3.05) is 11.4 Å². The van der Waals surface area contributed by atoms with Crippen LogP contribution in [0.5, 0.6) is 0 Å². The summed E-state index contributed by atoms with van der Waals surface area (Å²) < 4.78 is 0. The highest BCUT2D eigenvalue weighted by molar-refractivity contribution is 5.38. The highest BCUT2D eigenvalue weighted by Crippen LogP contribution is 2.13. The summed E-state index contributed by atoms with van der Waals surface area (Å²) in [4.78, 5) is 2.20. The Labute approximate surface area is 90.9 Å². The maximum Gasteiger partial charge on any atom is 0.151 e. The minimum atomic E-state index is -0.0528. The molecule has 0 aliphatic rings. The minimum Gasteiger partial charge on any atom is -0.390 e. The van der Waals surface area contributed by atoms with Gasteiger partial charge in [0, 0.05) is 12.6 Å². The molecule has 4 heteroatoms. The highest BCUT2D eigenvalue weighted by Gasteiger charge is 2.10. The molecule has 1 heterocycles. The Kier molecular flexibility index (Phi) is 4.49. The molecule has 0 saturated heterocycles. The van der Waals surface area contributed by atoms with Gasteiger partial charge in [-0.1, -0.05) is 6.92 Å². The van der Waals surface area contributed by atoms with Crippen LogP contribution in [0.3, 0.4) is 0 Å². The van der Waals surface area contributed by atoms with Crippen LogP contribution >= 0.6 is 0 Å². The van der Waals surface area contributed by atoms with Gasteiger partial charge < -0.3 is 10.0 Å². The van der Waals surface area contributed by atoms with Crippen LogP contribution < -0.4 is 4.90 Å². The van der Waals surface area contributed by atoms with Gasteiger partial charge in [-0.05, 0) is 32.4 Å². The fraction of sp³-hybridized carbons (Fsp3) is 0.636. The summed E-state index contributed by atoms with van der Waals surface area (Å²) in [6.45, 7) is 7.34. The third kappa shape index (κ3) is 3.16. The molecule has 1 N–H and O–H groups in total. The van der Waals surface area contributed by atoms with Crippen molar-refractivity contribution >= 4 is 5.82 Å². The van der Waals surface area contributed by atoms with Crippen molar-refractivity contribution in [2.24, 2.45) is 0 Å². The number of hydrogen-bond donors (Lipinski definition) is 1. The van der Waals surface area contributed by atoms with Gasteiger partial charge in [0.25, 0.3) is 0 Å². The van der Waals surface area contributed by atoms with E-state index in [1.54, 1.807) is 0 Å². The Morgan fingerprint density at radius 2 is 2.07 bits per heavy atom. The monoisotopic (exact) mass is 209 g/mol. The van der Waals surface area contributed by atoms with Gasteiger partial charge in [0.05, 0.1) is 12.3 Å². The Morgan fingerprint density at radius 1 is 1.33 bits per heavy atom. The molecular formula is C11H19N3O. The lowest BCUT2D eigenvalue weighted by molar-refractivity contribution is 0.275. The van der Waals surface area contributed by atoms with Gasteiger partial charge in [0.15, 0.2) is 5.82 Å². The fourth-order valence-electron chi connectivity index (χ4n) is 1.47. The second-order valence-corrected chi connectivity index (χ2v) is 3.83. The molecule has 0 fully saturated rings. The summed E-state index contributed by atoms with van der Waals surface area (Å²) in [7, 11) is 0. The second-order valence-electron chi connectivity index (χ2n) is 3.83. The van der Waals surface area contributed by atoms with E-state index in [9.17, 15) is 0 Å². The van der Waals surface area contributed by atoms with Crippen LogP contribution in [0.1, 0.15) is 32.9 Å². The zero-order chi connectivity index (χ0) is 11.3. The van der Waals surface area contributed by atoms with Crippen LogP contribution in [0, 0.1) is 0 Å². The van der Waals surface area contributed by atoms with Crippen molar-refractivity contribution in [1.82, 2.24) is 10.2 Å². The van der Waals surface area contributed by atoms with Crippen LogP contribution in [0.15, 0.2) is 12.1 Å². The molecular weight excluding hydrogens is 190 g/mol. The lowest BCUT2D eigenvalue weighted by Crippen LogP contribution is -2.32. The van der Waals surface area contributed by atoms with E-state index in [-0.39, 0.29) is 6.61 Å². The van der Waals surface area contributed by atoms with Crippen LogP contribution in [0.2, 0.25) is 0 Å². The predicted molar refractivity (Wildman–Crippen MR) is 60.7 cm³/mol. The Morgan fingerprint density at radius 3 is 2.47 bits per heavy atom. The van der Waals surface area contributed by atoms with E-state index in [1.807, 2.05) is 12.1 Å². The topological polar surface area (TPSA) is 49.2 Å². The average molecular weight is 209 g/mol. The first-order valence-electron chi connectivity index (χ1n) is 5.39. The molecule has 1 rings (SSSR count). The van der Waals surface area contributed by atoms with Crippen LogP contribution in [0.4, 0.5) is 5.82 Å². The molecule has 0 bridgehead atoms. The first-order chi connectivity index (χ1) is 7.19. The summed E-state index contributed by atoms with van der Waals surface area (Å²) >= 11 is 0. The van der Waals surface area contributed by atoms with E-state index < -0.39 is 0 Å². The number of anilines is 1. The summed E-state index contributed by atoms with van der Waals surface area (Å²) in [6.07, 6.45) is 1.08. The molecule has 0 spiro atoms. The summed E-state index contributed by atoms with van der Waals surface area (Å²) in [6, 6.07) is 4.14. The van der Waals surface area contributed by atoms with Gasteiger partial charge >= 0.3 is 0 Å². The number of hydrogen-bond acceptors (Lipinski definition) is 4. The molecule has 0 unspecified atom stereocenters. The highest BCUT2D eigenvalue weighted by atomic mass is 16.3. The second kappa shape index (κ2) is 5.66. The number of aromatic nitrogens is 2. The van der Waals surface area contributed by atoms with Crippen molar-refractivity contribution in [3.63, 3.8) is 0 Å². The molecule has 0 aromatic carbocycles. The zero-order valence-electron chi connectivity index (χ0n) is 9.64. The number of aliphatic hydroxyl groups excluding tert-OH is 1. The molecule has 4 nitrogen and oxygen atoms in total. The number of rotatable bonds is 5. The Bertz CT molecular complexity index is 284. The van der Waals surface area contributed by atoms with Crippen molar-refractivity contribution in [1.29, 1.82) is 0 Å². The number of nitrogens with zero attached hydrogens (tertiary/aromatic N) is 3. The lowest BCUT2D eigenvalue weighted by atomic mass is 10.3. The molecule has 0 radical (unpaired) electrons. The van der Waals surface area contributed by atoms with Gasteiger partial charge in [-0.25, -0.2) is 0 Å². The van der Waals surface area contributed by atoms with Gasteiger partial charge in [-0.2, -0.15) is 5.10 Å². The maximum atomic E-state index is 8.86. The zero-order valence-corrected chi connectivity index (χ0v) is 9.64. The Balaban J connectivity index is 2.81. The van der Waals surface area contributed by atoms with Crippen LogP contribution in [0.25, 0.3) is 0 Å². The molecule has 0 amide bonds. The van der Waals surface area contributed by atoms with Crippen LogP contribution in [-0.4, -0.2) is 27.9 Å². The minimum absolute atomic E-state index is 0.0528. The lowest BCUT2D eigenvalue weighted by Gasteiger charge is -2.26. The summed E-state index contributed by atoms with van der Waals surface area (Å²) in [5.41, 5.74) is 0.610. The van der Waals surface area contributed by atoms with Gasteiger partial charge in [0.1, 0.15) is 0 Å². The SMILES string of the molecule is CCCN(c1ccc(CO)nn1)C(C)C. The van der Waals surface area contributed by atoms with Gasteiger partial charge in [-0.15, -0.1) is 5.10 Å². The van der Waals surface area contributed by atoms with E-state index in [4.69, 9.17) is 5.11 Å². The third-order valence-corrected chi connectivity index (χ3v) is 2.25. The maximum absolute atomic E-state index is 8.86. The third-order valence-electron chi connectivity index (χ3n) is 2.25. The van der Waals surface area contributed by atoms with E-state index >= 15 is 0 Å². The quantitative estimate of drug-likeness (QED) is 0.800. The number of aliphatic hydroxyl groups is 1. The molecule has 1 aromatic heterocycles. The first kappa shape index (κ1) is 11.9. The molecule has 1 aromatic rings. The molecule has 0 atom stereocenters. The largest absolute Gasteiger partial charge is 0.390 e. The van der Waals surface area contributed by atoms with Crippen molar-refractivity contribution in [3.8, 4) is 0 Å². The average Bonchev–Trinajstić information content (AvgIpc) is 2.26. The Hall–Kier alpha value is -1.16. The fourth-order valence-corrected chi connectivity index (χ4v) is 1.47. The molecule has 0 aliphatic carbocycles. The predicted octanol–water partition coefficient (Wildman–Crippen LogP) is 1.59. The first-order valence-corrected chi connectivity index (χ1v) is 5.39. The molecule has 15 heavy (non-hydrogen) atoms. The summed E-state index contributed by atoms with van der Waals surface area (Å²) in [5, 5.41) is 16.9. The van der Waals surface area contributed by atoms with E-state index in [1.165, 1.54) is 0 Å². The standard InChI is InChI=1S/C11H19N3O/c1-4-7-14(9(2)3)11-6-5-10(8-15)12-13-11/h5-6,9,15H,4,7-8H2,1-3H3. The van der Waals surface area contributed by atoms with Crippen molar-refractivity contribution in [3.05, 3.63) is 17.8 Å². The molecule has 0 saturated carbocycles. The summed E-state index contributed by atoms with van der Waals surface area (Å²) in [5.74, 6) is 0.879. The van der Waals surface area contributed by atoms with Gasteiger partial charge in [0.2, 0.25) is 0 Å². The molecule has 0 aliphatic heterocycles. The normalized spacial score (nSPS) is 10.7. The van der Waals surface area contributed by atoms with E-state index in [0.29, 0.717) is 11.7 Å². The van der Waals surface area contributed by atoms with Gasteiger partial charge in [-0.3, -0.25) is 0 Å². The van der Waals surface area contributed by atoms with E-state index in [0.717, 1.165) is 18.8 Å². The van der Waals surface area contributed by atoms with Crippen LogP contribution in [-0.2, 0) is 6.61 Å². The molecule has 84 valence electrons. The van der Waals surface area contributed by atoms with Crippen molar-refractivity contribution in [2.45, 2.75) is 39.8 Å². The van der Waals surface area contributed by atoms with E-state index in [2.05, 4.69) is 35.9 Å². The smallest absolute Gasteiger partial charge is 0.151 e. The van der Waals surface area contributed by atoms with Crippen molar-refractivity contribution < 1.29 is 5.11 Å².